The van der Waals surface area contributed by atoms with E-state index in [0.717, 1.165) is 44.0 Å². The van der Waals surface area contributed by atoms with Crippen LogP contribution in [-0.4, -0.2) is 50.4 Å². The van der Waals surface area contributed by atoms with Crippen molar-refractivity contribution in [3.63, 3.8) is 0 Å². The number of rotatable bonds is 7. The van der Waals surface area contributed by atoms with Crippen LogP contribution in [0.5, 0.6) is 5.75 Å². The Morgan fingerprint density at radius 1 is 1.08 bits per heavy atom. The molecule has 1 aliphatic heterocycles. The van der Waals surface area contributed by atoms with Crippen LogP contribution in [0, 0.1) is 0 Å². The molecule has 5 heteroatoms. The maximum atomic E-state index is 12.5. The second-order valence-corrected chi connectivity index (χ2v) is 6.69. The topological polar surface area (TPSA) is 63.0 Å². The van der Waals surface area contributed by atoms with Crippen LogP contribution >= 0.6 is 0 Å². The lowest BCUT2D eigenvalue weighted by molar-refractivity contribution is -0.906. The van der Waals surface area contributed by atoms with Gasteiger partial charge in [0.15, 0.2) is 0 Å². The molecule has 1 atom stereocenters. The summed E-state index contributed by atoms with van der Waals surface area (Å²) in [6, 6.07) is 17.1. The van der Waals surface area contributed by atoms with Gasteiger partial charge in [-0.1, -0.05) is 48.5 Å². The average molecular weight is 355 g/mol. The van der Waals surface area contributed by atoms with Gasteiger partial charge in [-0.2, -0.15) is 0 Å². The molecule has 3 N–H and O–H groups in total. The zero-order valence-corrected chi connectivity index (χ0v) is 15.0. The summed E-state index contributed by atoms with van der Waals surface area (Å²) in [7, 11) is 0. The molecule has 26 heavy (non-hydrogen) atoms. The van der Waals surface area contributed by atoms with Crippen molar-refractivity contribution in [3.8, 4) is 5.75 Å². The lowest BCUT2D eigenvalue weighted by Gasteiger charge is -2.24. The summed E-state index contributed by atoms with van der Waals surface area (Å²) in [4.78, 5) is 14.0. The molecule has 5 nitrogen and oxygen atoms in total. The predicted molar refractivity (Wildman–Crippen MR) is 100 cm³/mol. The number of para-hydroxylation sites is 1. The lowest BCUT2D eigenvalue weighted by atomic mass is 9.87. The molecular weight excluding hydrogens is 328 g/mol. The second kappa shape index (κ2) is 9.36. The largest absolute Gasteiger partial charge is 0.508 e. The van der Waals surface area contributed by atoms with E-state index in [0.29, 0.717) is 13.0 Å². The Kier molecular flexibility index (Phi) is 6.63. The number of carbonyl (C=O) groups excluding carboxylic acids is 1. The summed E-state index contributed by atoms with van der Waals surface area (Å²) in [5.41, 5.74) is 1.82. The smallest absolute Gasteiger partial charge is 0.221 e. The minimum absolute atomic E-state index is 0.00904. The van der Waals surface area contributed by atoms with E-state index >= 15 is 0 Å². The Morgan fingerprint density at radius 2 is 1.77 bits per heavy atom. The van der Waals surface area contributed by atoms with Gasteiger partial charge in [0, 0.05) is 17.9 Å². The van der Waals surface area contributed by atoms with Crippen LogP contribution in [0.15, 0.2) is 54.6 Å². The summed E-state index contributed by atoms with van der Waals surface area (Å²) in [6.07, 6.45) is 0.319. The van der Waals surface area contributed by atoms with Crippen molar-refractivity contribution in [1.82, 2.24) is 5.32 Å². The second-order valence-electron chi connectivity index (χ2n) is 6.69. The molecule has 0 bridgehead atoms. The Hall–Kier alpha value is -2.37. The Balaban J connectivity index is 1.62. The molecule has 2 aromatic rings. The van der Waals surface area contributed by atoms with Crippen molar-refractivity contribution in [2.24, 2.45) is 0 Å². The number of phenolic OH excluding ortho intramolecular Hbond substituents is 1. The van der Waals surface area contributed by atoms with E-state index in [-0.39, 0.29) is 17.6 Å². The minimum Gasteiger partial charge on any atom is -0.508 e. The molecule has 0 aromatic heterocycles. The fraction of sp³-hybridized carbons (Fsp3) is 0.381. The zero-order chi connectivity index (χ0) is 18.2. The normalized spacial score (nSPS) is 16.2. The predicted octanol–water partition coefficient (Wildman–Crippen LogP) is 0.945. The van der Waals surface area contributed by atoms with E-state index in [2.05, 4.69) is 5.32 Å². The number of aromatic hydroxyl groups is 1. The number of nitrogens with one attached hydrogen (secondary N) is 2. The number of morpholine rings is 1. The molecule has 1 saturated heterocycles. The molecule has 0 radical (unpaired) electrons. The highest BCUT2D eigenvalue weighted by atomic mass is 16.5. The van der Waals surface area contributed by atoms with Crippen molar-refractivity contribution in [1.29, 1.82) is 0 Å². The number of quaternary nitrogens is 1. The highest BCUT2D eigenvalue weighted by Crippen LogP contribution is 2.33. The average Bonchev–Trinajstić information content (AvgIpc) is 2.68. The van der Waals surface area contributed by atoms with E-state index in [1.54, 1.807) is 12.1 Å². The molecule has 1 amide bonds. The first kappa shape index (κ1) is 18.4. The van der Waals surface area contributed by atoms with Gasteiger partial charge in [0.25, 0.3) is 0 Å². The third-order valence-electron chi connectivity index (χ3n) is 4.90. The van der Waals surface area contributed by atoms with Gasteiger partial charge in [-0.3, -0.25) is 4.79 Å². The quantitative estimate of drug-likeness (QED) is 0.693. The molecule has 0 saturated carbocycles. The minimum atomic E-state index is -0.159. The molecule has 1 heterocycles. The Labute approximate surface area is 154 Å². The number of ether oxygens (including phenoxy) is 1. The highest BCUT2D eigenvalue weighted by Gasteiger charge is 2.21. The molecule has 138 valence electrons. The van der Waals surface area contributed by atoms with Gasteiger partial charge in [-0.25, -0.2) is 0 Å². The van der Waals surface area contributed by atoms with E-state index in [1.165, 1.54) is 4.90 Å². The Bertz CT molecular complexity index is 699. The lowest BCUT2D eigenvalue weighted by Crippen LogP contribution is -3.14. The van der Waals surface area contributed by atoms with Gasteiger partial charge in [0.05, 0.1) is 26.3 Å². The van der Waals surface area contributed by atoms with Gasteiger partial charge in [0.2, 0.25) is 5.91 Å². The third kappa shape index (κ3) is 5.07. The summed E-state index contributed by atoms with van der Waals surface area (Å²) in [5.74, 6) is 0.0785. The van der Waals surface area contributed by atoms with Crippen molar-refractivity contribution in [3.05, 3.63) is 65.7 Å². The molecule has 0 aliphatic carbocycles. The van der Waals surface area contributed by atoms with Crippen LogP contribution in [-0.2, 0) is 9.53 Å². The Morgan fingerprint density at radius 3 is 2.50 bits per heavy atom. The van der Waals surface area contributed by atoms with E-state index in [4.69, 9.17) is 4.74 Å². The summed E-state index contributed by atoms with van der Waals surface area (Å²) < 4.78 is 5.36. The molecule has 0 spiro atoms. The van der Waals surface area contributed by atoms with Crippen LogP contribution < -0.4 is 10.2 Å². The van der Waals surface area contributed by atoms with Gasteiger partial charge < -0.3 is 20.1 Å². The first-order valence-electron chi connectivity index (χ1n) is 9.25. The molecule has 0 unspecified atom stereocenters. The van der Waals surface area contributed by atoms with Gasteiger partial charge in [-0.05, 0) is 11.6 Å². The first-order chi connectivity index (χ1) is 12.7. The molecule has 2 aromatic carbocycles. The third-order valence-corrected chi connectivity index (χ3v) is 4.90. The van der Waals surface area contributed by atoms with Crippen LogP contribution in [0.4, 0.5) is 0 Å². The molecule has 1 aliphatic rings. The summed E-state index contributed by atoms with van der Waals surface area (Å²) >= 11 is 0. The number of phenols is 1. The standard InChI is InChI=1S/C21H26N2O3/c24-20-9-5-4-8-18(20)19(17-6-2-1-3-7-17)16-21(25)22-10-11-23-12-14-26-15-13-23/h1-9,19,24H,10-16H2,(H,22,25)/p+1/t19-/m1/s1. The van der Waals surface area contributed by atoms with E-state index < -0.39 is 0 Å². The van der Waals surface area contributed by atoms with Crippen molar-refractivity contribution < 1.29 is 19.5 Å². The number of amides is 1. The number of hydrogen-bond acceptors (Lipinski definition) is 3. The fourth-order valence-corrected chi connectivity index (χ4v) is 3.42. The van der Waals surface area contributed by atoms with Crippen LogP contribution in [0.1, 0.15) is 23.5 Å². The number of benzene rings is 2. The zero-order valence-electron chi connectivity index (χ0n) is 15.0. The van der Waals surface area contributed by atoms with E-state index in [1.807, 2.05) is 42.5 Å². The monoisotopic (exact) mass is 355 g/mol. The highest BCUT2D eigenvalue weighted by molar-refractivity contribution is 5.77. The fourth-order valence-electron chi connectivity index (χ4n) is 3.42. The van der Waals surface area contributed by atoms with Crippen LogP contribution in [0.3, 0.4) is 0 Å². The van der Waals surface area contributed by atoms with Crippen molar-refractivity contribution in [2.45, 2.75) is 12.3 Å². The van der Waals surface area contributed by atoms with Crippen LogP contribution in [0.2, 0.25) is 0 Å². The maximum Gasteiger partial charge on any atom is 0.221 e. The van der Waals surface area contributed by atoms with Crippen molar-refractivity contribution >= 4 is 5.91 Å². The molecular formula is C21H27N2O3+. The van der Waals surface area contributed by atoms with E-state index in [9.17, 15) is 9.90 Å². The molecule has 1 fully saturated rings. The number of hydrogen-bond donors (Lipinski definition) is 3. The van der Waals surface area contributed by atoms with Crippen molar-refractivity contribution in [2.75, 3.05) is 39.4 Å². The summed E-state index contributed by atoms with van der Waals surface area (Å²) in [6.45, 7) is 5.18. The first-order valence-corrected chi connectivity index (χ1v) is 9.25. The van der Waals surface area contributed by atoms with Gasteiger partial charge in [-0.15, -0.1) is 0 Å². The summed E-state index contributed by atoms with van der Waals surface area (Å²) in [5, 5.41) is 13.3. The SMILES string of the molecule is O=C(C[C@H](c1ccccc1)c1ccccc1O)NCC[NH+]1CCOCC1. The maximum absolute atomic E-state index is 12.5. The number of carbonyl (C=O) groups is 1. The van der Waals surface area contributed by atoms with Crippen LogP contribution in [0.25, 0.3) is 0 Å². The van der Waals surface area contributed by atoms with Gasteiger partial charge >= 0.3 is 0 Å². The van der Waals surface area contributed by atoms with Gasteiger partial charge in [0.1, 0.15) is 18.8 Å². The molecule has 3 rings (SSSR count).